The molecule has 0 saturated heterocycles. The van der Waals surface area contributed by atoms with Crippen molar-refractivity contribution in [3.8, 4) is 0 Å². The van der Waals surface area contributed by atoms with Crippen molar-refractivity contribution < 1.29 is 4.92 Å². The van der Waals surface area contributed by atoms with Crippen LogP contribution in [0.5, 0.6) is 0 Å². The van der Waals surface area contributed by atoms with Gasteiger partial charge in [-0.15, -0.1) is 0 Å². The zero-order valence-electron chi connectivity index (χ0n) is 8.31. The predicted octanol–water partition coefficient (Wildman–Crippen LogP) is 2.96. The summed E-state index contributed by atoms with van der Waals surface area (Å²) in [6.45, 7) is 3.85. The van der Waals surface area contributed by atoms with Crippen molar-refractivity contribution in [3.63, 3.8) is 0 Å². The molecule has 1 aromatic carbocycles. The maximum Gasteiger partial charge on any atom is 0.272 e. The highest BCUT2D eigenvalue weighted by molar-refractivity contribution is 5.58. The van der Waals surface area contributed by atoms with E-state index in [1.807, 2.05) is 19.9 Å². The molecule has 0 N–H and O–H groups in total. The number of nitro groups is 1. The molecule has 14 heavy (non-hydrogen) atoms. The Bertz CT molecular complexity index is 342. The average molecular weight is 191 g/mol. The van der Waals surface area contributed by atoms with Crippen LogP contribution in [0.15, 0.2) is 36.4 Å². The minimum Gasteiger partial charge on any atom is -0.258 e. The molecule has 1 aromatic rings. The number of benzene rings is 1. The van der Waals surface area contributed by atoms with Gasteiger partial charge in [-0.2, -0.15) is 0 Å². The molecule has 0 heterocycles. The fourth-order valence-electron chi connectivity index (χ4n) is 1.19. The Kier molecular flexibility index (Phi) is 3.40. The zero-order valence-corrected chi connectivity index (χ0v) is 8.31. The first-order valence-corrected chi connectivity index (χ1v) is 4.53. The van der Waals surface area contributed by atoms with E-state index in [9.17, 15) is 10.1 Å². The van der Waals surface area contributed by atoms with Crippen LogP contribution in [0.3, 0.4) is 0 Å². The maximum absolute atomic E-state index is 10.8. The first-order valence-electron chi connectivity index (χ1n) is 4.53. The third-order valence-corrected chi connectivity index (χ3v) is 1.76. The smallest absolute Gasteiger partial charge is 0.258 e. The molecule has 0 aromatic heterocycles. The molecule has 0 fully saturated rings. The van der Waals surface area contributed by atoms with E-state index in [0.29, 0.717) is 5.56 Å². The van der Waals surface area contributed by atoms with Crippen molar-refractivity contribution in [3.05, 3.63) is 52.1 Å². The van der Waals surface area contributed by atoms with Crippen LogP contribution in [-0.2, 0) is 0 Å². The Balaban J connectivity index is 3.08. The summed E-state index contributed by atoms with van der Waals surface area (Å²) >= 11 is 0. The first kappa shape index (κ1) is 10.4. The molecule has 0 amide bonds. The Hall–Kier alpha value is -1.64. The largest absolute Gasteiger partial charge is 0.272 e. The van der Waals surface area contributed by atoms with E-state index in [-0.39, 0.29) is 16.5 Å². The number of hydrogen-bond acceptors (Lipinski definition) is 2. The second-order valence-electron chi connectivity index (χ2n) is 3.42. The number of rotatable bonds is 3. The van der Waals surface area contributed by atoms with Crippen LogP contribution in [0.2, 0.25) is 0 Å². The lowest BCUT2D eigenvalue weighted by Crippen LogP contribution is -1.99. The fraction of sp³-hybridized carbons (Fsp3) is 0.273. The molecule has 0 atom stereocenters. The van der Waals surface area contributed by atoms with Crippen molar-refractivity contribution in [1.82, 2.24) is 0 Å². The van der Waals surface area contributed by atoms with Gasteiger partial charge >= 0.3 is 0 Å². The summed E-state index contributed by atoms with van der Waals surface area (Å²) in [5, 5.41) is 10.8. The third kappa shape index (κ3) is 2.69. The van der Waals surface area contributed by atoms with Crippen molar-refractivity contribution in [2.24, 2.45) is 5.92 Å². The zero-order chi connectivity index (χ0) is 10.6. The Morgan fingerprint density at radius 3 is 2.36 bits per heavy atom. The quantitative estimate of drug-likeness (QED) is 0.544. The highest BCUT2D eigenvalue weighted by Gasteiger charge is 2.13. The predicted molar refractivity (Wildman–Crippen MR) is 56.3 cm³/mol. The molecular formula is C11H13NO2. The number of allylic oxidation sites excluding steroid dienone is 1. The van der Waals surface area contributed by atoms with Crippen LogP contribution in [0.4, 0.5) is 0 Å². The summed E-state index contributed by atoms with van der Waals surface area (Å²) in [6.07, 6.45) is 1.66. The van der Waals surface area contributed by atoms with E-state index in [1.165, 1.54) is 0 Å². The van der Waals surface area contributed by atoms with Gasteiger partial charge in [-0.1, -0.05) is 32.0 Å². The van der Waals surface area contributed by atoms with Gasteiger partial charge in [0.05, 0.1) is 10.5 Å². The van der Waals surface area contributed by atoms with Crippen molar-refractivity contribution >= 4 is 5.70 Å². The number of nitrogens with zero attached hydrogens (tertiary/aromatic N) is 1. The van der Waals surface area contributed by atoms with Crippen LogP contribution in [0.25, 0.3) is 5.70 Å². The van der Waals surface area contributed by atoms with Crippen LogP contribution in [0.1, 0.15) is 19.4 Å². The lowest BCUT2D eigenvalue weighted by molar-refractivity contribution is -0.375. The molecule has 3 heteroatoms. The van der Waals surface area contributed by atoms with Gasteiger partial charge in [0.1, 0.15) is 0 Å². The first-order chi connectivity index (χ1) is 6.61. The summed E-state index contributed by atoms with van der Waals surface area (Å²) in [7, 11) is 0. The van der Waals surface area contributed by atoms with Crippen molar-refractivity contribution in [2.75, 3.05) is 0 Å². The molecule has 3 nitrogen and oxygen atoms in total. The highest BCUT2D eigenvalue weighted by Crippen LogP contribution is 2.16. The summed E-state index contributed by atoms with van der Waals surface area (Å²) < 4.78 is 0. The van der Waals surface area contributed by atoms with E-state index in [4.69, 9.17) is 0 Å². The fourth-order valence-corrected chi connectivity index (χ4v) is 1.19. The Labute approximate surface area is 83.2 Å². The van der Waals surface area contributed by atoms with E-state index >= 15 is 0 Å². The number of hydrogen-bond donors (Lipinski definition) is 0. The maximum atomic E-state index is 10.8. The van der Waals surface area contributed by atoms with Gasteiger partial charge in [0, 0.05) is 0 Å². The molecule has 0 unspecified atom stereocenters. The molecule has 0 radical (unpaired) electrons. The lowest BCUT2D eigenvalue weighted by Gasteiger charge is -2.00. The molecule has 0 aliphatic carbocycles. The van der Waals surface area contributed by atoms with Gasteiger partial charge in [-0.05, 0) is 24.1 Å². The van der Waals surface area contributed by atoms with E-state index in [2.05, 4.69) is 0 Å². The van der Waals surface area contributed by atoms with Gasteiger partial charge in [0.25, 0.3) is 5.70 Å². The van der Waals surface area contributed by atoms with Gasteiger partial charge in [-0.25, -0.2) is 0 Å². The van der Waals surface area contributed by atoms with E-state index in [0.717, 1.165) is 0 Å². The SMILES string of the molecule is CC(C)/C=C(\c1ccccc1)[N+](=O)[O-]. The second-order valence-corrected chi connectivity index (χ2v) is 3.42. The molecule has 1 rings (SSSR count). The average Bonchev–Trinajstić information content (AvgIpc) is 2.15. The van der Waals surface area contributed by atoms with Gasteiger partial charge in [0.2, 0.25) is 0 Å². The van der Waals surface area contributed by atoms with Crippen LogP contribution < -0.4 is 0 Å². The molecule has 0 spiro atoms. The third-order valence-electron chi connectivity index (χ3n) is 1.76. The van der Waals surface area contributed by atoms with Gasteiger partial charge in [-0.3, -0.25) is 10.1 Å². The van der Waals surface area contributed by atoms with Crippen molar-refractivity contribution in [1.29, 1.82) is 0 Å². The molecule has 0 aliphatic heterocycles. The van der Waals surface area contributed by atoms with Gasteiger partial charge < -0.3 is 0 Å². The summed E-state index contributed by atoms with van der Waals surface area (Å²) in [5.41, 5.74) is 0.840. The standard InChI is InChI=1S/C11H13NO2/c1-9(2)8-11(12(13)14)10-6-4-3-5-7-10/h3-9H,1-2H3/b11-8+. The molecular weight excluding hydrogens is 178 g/mol. The van der Waals surface area contributed by atoms with Crippen LogP contribution in [-0.4, -0.2) is 4.92 Å². The van der Waals surface area contributed by atoms with E-state index in [1.54, 1.807) is 30.3 Å². The topological polar surface area (TPSA) is 43.1 Å². The summed E-state index contributed by atoms with van der Waals surface area (Å²) in [6, 6.07) is 8.93. The minimum atomic E-state index is -0.338. The van der Waals surface area contributed by atoms with Crippen molar-refractivity contribution in [2.45, 2.75) is 13.8 Å². The molecule has 74 valence electrons. The normalized spacial score (nSPS) is 11.8. The molecule has 0 saturated carbocycles. The molecule has 0 aliphatic rings. The summed E-state index contributed by atoms with van der Waals surface area (Å²) in [4.78, 5) is 10.4. The monoisotopic (exact) mass is 191 g/mol. The second kappa shape index (κ2) is 4.56. The van der Waals surface area contributed by atoms with E-state index < -0.39 is 0 Å². The molecule has 0 bridgehead atoms. The summed E-state index contributed by atoms with van der Waals surface area (Å²) in [5.74, 6) is 0.176. The van der Waals surface area contributed by atoms with Crippen LogP contribution in [0, 0.1) is 16.0 Å². The highest BCUT2D eigenvalue weighted by atomic mass is 16.6. The lowest BCUT2D eigenvalue weighted by atomic mass is 10.1. The Morgan fingerprint density at radius 1 is 1.36 bits per heavy atom. The minimum absolute atomic E-state index is 0.176. The van der Waals surface area contributed by atoms with Gasteiger partial charge in [0.15, 0.2) is 0 Å². The Morgan fingerprint density at radius 2 is 1.93 bits per heavy atom. The van der Waals surface area contributed by atoms with Crippen LogP contribution >= 0.6 is 0 Å².